The summed E-state index contributed by atoms with van der Waals surface area (Å²) < 4.78 is 1.74. The molecule has 2 aromatic rings. The third kappa shape index (κ3) is 3.84. The Morgan fingerprint density at radius 2 is 2.00 bits per heavy atom. The van der Waals surface area contributed by atoms with Crippen molar-refractivity contribution in [3.63, 3.8) is 0 Å². The number of hydrogen-bond donors (Lipinski definition) is 2. The van der Waals surface area contributed by atoms with Crippen LogP contribution in [0.2, 0.25) is 0 Å². The van der Waals surface area contributed by atoms with Gasteiger partial charge in [-0.15, -0.1) is 0 Å². The van der Waals surface area contributed by atoms with Crippen LogP contribution in [0.3, 0.4) is 0 Å². The fourth-order valence-corrected chi connectivity index (χ4v) is 2.21. The normalized spacial score (nSPS) is 13.2. The van der Waals surface area contributed by atoms with E-state index >= 15 is 0 Å². The van der Waals surface area contributed by atoms with Crippen LogP contribution in [0.5, 0.6) is 0 Å². The molecule has 1 heterocycles. The van der Waals surface area contributed by atoms with Crippen molar-refractivity contribution in [1.29, 1.82) is 0 Å². The van der Waals surface area contributed by atoms with E-state index in [-0.39, 0.29) is 5.41 Å². The van der Waals surface area contributed by atoms with Gasteiger partial charge in [0, 0.05) is 24.6 Å². The van der Waals surface area contributed by atoms with Gasteiger partial charge >= 0.3 is 0 Å². The summed E-state index contributed by atoms with van der Waals surface area (Å²) in [5, 5.41) is 17.5. The Kier molecular flexibility index (Phi) is 4.45. The molecular formula is C16H23N3O. The van der Waals surface area contributed by atoms with E-state index < -0.39 is 6.10 Å². The minimum Gasteiger partial charge on any atom is -0.389 e. The standard InChI is InChI=1S/C16H23N3O/c1-16(2,3)14-7-4-5-8-15(14)17-11-13(20)12-19-10-6-9-18-19/h4-10,13,17,20H,11-12H2,1-3H3. The highest BCUT2D eigenvalue weighted by Crippen LogP contribution is 2.29. The zero-order valence-corrected chi connectivity index (χ0v) is 12.4. The van der Waals surface area contributed by atoms with Crippen molar-refractivity contribution in [2.75, 3.05) is 11.9 Å². The lowest BCUT2D eigenvalue weighted by molar-refractivity contribution is 0.161. The summed E-state index contributed by atoms with van der Waals surface area (Å²) in [6.07, 6.45) is 3.10. The number of aromatic nitrogens is 2. The van der Waals surface area contributed by atoms with Gasteiger partial charge in [0.15, 0.2) is 0 Å². The van der Waals surface area contributed by atoms with E-state index in [1.165, 1.54) is 5.56 Å². The Bertz CT molecular complexity index is 529. The summed E-state index contributed by atoms with van der Waals surface area (Å²) >= 11 is 0. The van der Waals surface area contributed by atoms with E-state index in [4.69, 9.17) is 0 Å². The molecule has 1 aromatic heterocycles. The Morgan fingerprint density at radius 1 is 1.25 bits per heavy atom. The summed E-state index contributed by atoms with van der Waals surface area (Å²) in [5.41, 5.74) is 2.42. The fraction of sp³-hybridized carbons (Fsp3) is 0.438. The Hall–Kier alpha value is -1.81. The second-order valence-electron chi connectivity index (χ2n) is 6.06. The van der Waals surface area contributed by atoms with Gasteiger partial charge in [-0.2, -0.15) is 5.10 Å². The molecule has 0 aliphatic heterocycles. The van der Waals surface area contributed by atoms with Crippen molar-refractivity contribution in [2.24, 2.45) is 0 Å². The number of anilines is 1. The van der Waals surface area contributed by atoms with Crippen LogP contribution in [0, 0.1) is 0 Å². The van der Waals surface area contributed by atoms with Crippen molar-refractivity contribution < 1.29 is 5.11 Å². The molecule has 0 bridgehead atoms. The number of nitrogens with zero attached hydrogens (tertiary/aromatic N) is 2. The quantitative estimate of drug-likeness (QED) is 0.880. The zero-order valence-electron chi connectivity index (χ0n) is 12.4. The number of hydrogen-bond acceptors (Lipinski definition) is 3. The average Bonchev–Trinajstić information content (AvgIpc) is 2.88. The van der Waals surface area contributed by atoms with Gasteiger partial charge in [-0.25, -0.2) is 0 Å². The van der Waals surface area contributed by atoms with Crippen LogP contribution < -0.4 is 5.32 Å². The molecule has 1 atom stereocenters. The Labute approximate surface area is 120 Å². The van der Waals surface area contributed by atoms with E-state index in [0.717, 1.165) is 5.69 Å². The number of rotatable bonds is 5. The number of aliphatic hydroxyl groups is 1. The van der Waals surface area contributed by atoms with Crippen LogP contribution in [0.1, 0.15) is 26.3 Å². The van der Waals surface area contributed by atoms with Gasteiger partial charge in [-0.05, 0) is 23.1 Å². The monoisotopic (exact) mass is 273 g/mol. The van der Waals surface area contributed by atoms with Gasteiger partial charge in [0.2, 0.25) is 0 Å². The minimum atomic E-state index is -0.470. The second kappa shape index (κ2) is 6.09. The number of nitrogens with one attached hydrogen (secondary N) is 1. The molecule has 1 aromatic carbocycles. The molecule has 0 amide bonds. The maximum absolute atomic E-state index is 10.1. The van der Waals surface area contributed by atoms with E-state index in [1.807, 2.05) is 24.4 Å². The molecular weight excluding hydrogens is 250 g/mol. The summed E-state index contributed by atoms with van der Waals surface area (Å²) in [7, 11) is 0. The predicted octanol–water partition coefficient (Wildman–Crippen LogP) is 2.65. The Balaban J connectivity index is 1.97. The van der Waals surface area contributed by atoms with Crippen molar-refractivity contribution in [3.05, 3.63) is 48.3 Å². The second-order valence-corrected chi connectivity index (χ2v) is 6.06. The summed E-state index contributed by atoms with van der Waals surface area (Å²) in [5.74, 6) is 0. The van der Waals surface area contributed by atoms with E-state index in [0.29, 0.717) is 13.1 Å². The van der Waals surface area contributed by atoms with Crippen LogP contribution in [-0.4, -0.2) is 27.5 Å². The molecule has 2 N–H and O–H groups in total. The van der Waals surface area contributed by atoms with Gasteiger partial charge in [-0.1, -0.05) is 39.0 Å². The molecule has 1 unspecified atom stereocenters. The number of benzene rings is 1. The lowest BCUT2D eigenvalue weighted by Crippen LogP contribution is -2.26. The lowest BCUT2D eigenvalue weighted by Gasteiger charge is -2.24. The molecule has 20 heavy (non-hydrogen) atoms. The summed E-state index contributed by atoms with van der Waals surface area (Å²) in [4.78, 5) is 0. The molecule has 2 rings (SSSR count). The van der Waals surface area contributed by atoms with Crippen LogP contribution in [-0.2, 0) is 12.0 Å². The summed E-state index contributed by atoms with van der Waals surface area (Å²) in [6.45, 7) is 7.57. The Morgan fingerprint density at radius 3 is 2.65 bits per heavy atom. The molecule has 0 radical (unpaired) electrons. The zero-order chi connectivity index (χ0) is 14.6. The maximum atomic E-state index is 10.1. The van der Waals surface area contributed by atoms with Crippen LogP contribution in [0.25, 0.3) is 0 Å². The maximum Gasteiger partial charge on any atom is 0.0907 e. The van der Waals surface area contributed by atoms with E-state index in [9.17, 15) is 5.11 Å². The fourth-order valence-electron chi connectivity index (χ4n) is 2.21. The molecule has 4 heteroatoms. The van der Waals surface area contributed by atoms with Gasteiger partial charge < -0.3 is 10.4 Å². The largest absolute Gasteiger partial charge is 0.389 e. The topological polar surface area (TPSA) is 50.1 Å². The summed E-state index contributed by atoms with van der Waals surface area (Å²) in [6, 6.07) is 10.1. The molecule has 0 fully saturated rings. The third-order valence-corrected chi connectivity index (χ3v) is 3.22. The number of para-hydroxylation sites is 1. The molecule has 108 valence electrons. The van der Waals surface area contributed by atoms with E-state index in [2.05, 4.69) is 43.3 Å². The van der Waals surface area contributed by atoms with Crippen molar-refractivity contribution in [3.8, 4) is 0 Å². The van der Waals surface area contributed by atoms with Crippen LogP contribution >= 0.6 is 0 Å². The smallest absolute Gasteiger partial charge is 0.0907 e. The SMILES string of the molecule is CC(C)(C)c1ccccc1NCC(O)Cn1cccn1. The lowest BCUT2D eigenvalue weighted by atomic mass is 9.86. The first-order chi connectivity index (χ1) is 9.47. The van der Waals surface area contributed by atoms with E-state index in [1.54, 1.807) is 10.9 Å². The predicted molar refractivity (Wildman–Crippen MR) is 81.9 cm³/mol. The van der Waals surface area contributed by atoms with Gasteiger partial charge in [0.25, 0.3) is 0 Å². The van der Waals surface area contributed by atoms with Crippen molar-refractivity contribution >= 4 is 5.69 Å². The van der Waals surface area contributed by atoms with Crippen LogP contribution in [0.15, 0.2) is 42.7 Å². The number of aliphatic hydroxyl groups excluding tert-OH is 1. The van der Waals surface area contributed by atoms with Crippen molar-refractivity contribution in [2.45, 2.75) is 38.8 Å². The first kappa shape index (κ1) is 14.6. The molecule has 4 nitrogen and oxygen atoms in total. The first-order valence-electron chi connectivity index (χ1n) is 6.95. The van der Waals surface area contributed by atoms with Gasteiger partial charge in [0.1, 0.15) is 0 Å². The van der Waals surface area contributed by atoms with Crippen molar-refractivity contribution in [1.82, 2.24) is 9.78 Å². The van der Waals surface area contributed by atoms with Gasteiger partial charge in [0.05, 0.1) is 12.6 Å². The minimum absolute atomic E-state index is 0.0799. The highest BCUT2D eigenvalue weighted by atomic mass is 16.3. The molecule has 0 spiro atoms. The molecule has 0 saturated carbocycles. The average molecular weight is 273 g/mol. The highest BCUT2D eigenvalue weighted by molar-refractivity contribution is 5.54. The van der Waals surface area contributed by atoms with Gasteiger partial charge in [-0.3, -0.25) is 4.68 Å². The molecule has 0 aliphatic rings. The molecule has 0 saturated heterocycles. The van der Waals surface area contributed by atoms with Crippen LogP contribution in [0.4, 0.5) is 5.69 Å². The first-order valence-corrected chi connectivity index (χ1v) is 6.95. The third-order valence-electron chi connectivity index (χ3n) is 3.22. The molecule has 0 aliphatic carbocycles. The highest BCUT2D eigenvalue weighted by Gasteiger charge is 2.17.